The van der Waals surface area contributed by atoms with Crippen LogP contribution in [0, 0.1) is 5.21 Å². The highest BCUT2D eigenvalue weighted by molar-refractivity contribution is 5.79. The lowest BCUT2D eigenvalue weighted by Crippen LogP contribution is -2.30. The molecule has 0 saturated heterocycles. The van der Waals surface area contributed by atoms with Crippen LogP contribution in [0.2, 0.25) is 0 Å². The Hall–Kier alpha value is -2.76. The van der Waals surface area contributed by atoms with E-state index in [-0.39, 0.29) is 5.75 Å². The molecule has 0 atom stereocenters. The number of benzene rings is 2. The second-order valence-corrected chi connectivity index (χ2v) is 5.00. The standard InChI is InChI=1S/C17H12F3NO2/c18-17(19,20)11-23-14-7-9-16-13(10-14)6-8-15(21(16)22)12-4-2-1-3-5-12/h1-10H,11H2. The summed E-state index contributed by atoms with van der Waals surface area (Å²) in [4.78, 5) is 0. The summed E-state index contributed by atoms with van der Waals surface area (Å²) >= 11 is 0. The molecule has 3 nitrogen and oxygen atoms in total. The highest BCUT2D eigenvalue weighted by atomic mass is 19.4. The van der Waals surface area contributed by atoms with Crippen molar-refractivity contribution in [3.63, 3.8) is 0 Å². The third-order valence-corrected chi connectivity index (χ3v) is 3.33. The van der Waals surface area contributed by atoms with Gasteiger partial charge in [0.05, 0.1) is 5.39 Å². The molecule has 0 radical (unpaired) electrons. The molecule has 1 aromatic heterocycles. The fourth-order valence-electron chi connectivity index (χ4n) is 2.29. The number of hydrogen-bond acceptors (Lipinski definition) is 2. The van der Waals surface area contributed by atoms with Crippen LogP contribution in [-0.4, -0.2) is 12.8 Å². The van der Waals surface area contributed by atoms with Crippen LogP contribution in [0.1, 0.15) is 0 Å². The maximum Gasteiger partial charge on any atom is 0.422 e. The summed E-state index contributed by atoms with van der Waals surface area (Å²) in [6.45, 7) is -1.36. The van der Waals surface area contributed by atoms with Crippen LogP contribution in [0.25, 0.3) is 22.2 Å². The topological polar surface area (TPSA) is 36.2 Å². The van der Waals surface area contributed by atoms with E-state index in [1.54, 1.807) is 12.1 Å². The molecule has 3 rings (SSSR count). The molecule has 6 heteroatoms. The van der Waals surface area contributed by atoms with Gasteiger partial charge >= 0.3 is 6.18 Å². The highest BCUT2D eigenvalue weighted by Gasteiger charge is 2.28. The zero-order chi connectivity index (χ0) is 16.4. The van der Waals surface area contributed by atoms with Crippen LogP contribution in [-0.2, 0) is 0 Å². The van der Waals surface area contributed by atoms with Gasteiger partial charge in [-0.1, -0.05) is 18.2 Å². The Morgan fingerprint density at radius 3 is 2.39 bits per heavy atom. The third kappa shape index (κ3) is 3.36. The second-order valence-electron chi connectivity index (χ2n) is 5.00. The van der Waals surface area contributed by atoms with Crippen molar-refractivity contribution in [3.05, 3.63) is 65.9 Å². The Labute approximate surface area is 130 Å². The van der Waals surface area contributed by atoms with Gasteiger partial charge in [-0.05, 0) is 30.3 Å². The monoisotopic (exact) mass is 319 g/mol. The predicted octanol–water partition coefficient (Wildman–Crippen LogP) is 4.08. The van der Waals surface area contributed by atoms with Gasteiger partial charge in [-0.15, -0.1) is 0 Å². The van der Waals surface area contributed by atoms with Gasteiger partial charge in [0.1, 0.15) is 5.75 Å². The van der Waals surface area contributed by atoms with Crippen molar-refractivity contribution >= 4 is 10.9 Å². The molecular formula is C17H12F3NO2. The minimum atomic E-state index is -4.40. The van der Waals surface area contributed by atoms with E-state index in [0.717, 1.165) is 10.3 Å². The fourth-order valence-corrected chi connectivity index (χ4v) is 2.29. The van der Waals surface area contributed by atoms with Gasteiger partial charge in [0.15, 0.2) is 6.61 Å². The second kappa shape index (κ2) is 5.79. The van der Waals surface area contributed by atoms with Crippen molar-refractivity contribution in [2.75, 3.05) is 6.61 Å². The molecule has 0 aliphatic carbocycles. The first-order valence-corrected chi connectivity index (χ1v) is 6.85. The van der Waals surface area contributed by atoms with E-state index in [1.807, 2.05) is 30.3 Å². The molecule has 0 bridgehead atoms. The first-order chi connectivity index (χ1) is 10.9. The molecule has 0 amide bonds. The number of hydrogen-bond donors (Lipinski definition) is 0. The van der Waals surface area contributed by atoms with Crippen molar-refractivity contribution in [2.45, 2.75) is 6.18 Å². The van der Waals surface area contributed by atoms with E-state index in [1.165, 1.54) is 18.2 Å². The minimum Gasteiger partial charge on any atom is -0.618 e. The van der Waals surface area contributed by atoms with Gasteiger partial charge in [-0.3, -0.25) is 0 Å². The van der Waals surface area contributed by atoms with Crippen LogP contribution in [0.3, 0.4) is 0 Å². The van der Waals surface area contributed by atoms with E-state index in [2.05, 4.69) is 0 Å². The van der Waals surface area contributed by atoms with Crippen molar-refractivity contribution in [1.29, 1.82) is 0 Å². The number of halogens is 3. The van der Waals surface area contributed by atoms with Crippen molar-refractivity contribution in [1.82, 2.24) is 0 Å². The van der Waals surface area contributed by atoms with E-state index in [4.69, 9.17) is 4.74 Å². The molecule has 0 spiro atoms. The SMILES string of the molecule is [O-][n+]1c(-c2ccccc2)ccc2cc(OCC(F)(F)F)ccc21. The van der Waals surface area contributed by atoms with Gasteiger partial charge in [0, 0.05) is 17.7 Å². The van der Waals surface area contributed by atoms with Crippen molar-refractivity contribution in [3.8, 4) is 17.0 Å². The fraction of sp³-hybridized carbons (Fsp3) is 0.118. The van der Waals surface area contributed by atoms with E-state index in [9.17, 15) is 18.4 Å². The Bertz CT molecular complexity index is 832. The Morgan fingerprint density at radius 2 is 1.70 bits per heavy atom. The Morgan fingerprint density at radius 1 is 0.957 bits per heavy atom. The predicted molar refractivity (Wildman–Crippen MR) is 79.9 cm³/mol. The van der Waals surface area contributed by atoms with Gasteiger partial charge in [-0.2, -0.15) is 17.9 Å². The number of aromatic nitrogens is 1. The smallest absolute Gasteiger partial charge is 0.422 e. The van der Waals surface area contributed by atoms with E-state index < -0.39 is 12.8 Å². The molecule has 2 aromatic carbocycles. The molecular weight excluding hydrogens is 307 g/mol. The minimum absolute atomic E-state index is 0.0716. The quantitative estimate of drug-likeness (QED) is 0.539. The molecule has 0 N–H and O–H groups in total. The van der Waals surface area contributed by atoms with Crippen LogP contribution in [0.5, 0.6) is 5.75 Å². The Balaban J connectivity index is 1.97. The molecule has 0 aliphatic heterocycles. The molecule has 118 valence electrons. The zero-order valence-electron chi connectivity index (χ0n) is 11.9. The lowest BCUT2D eigenvalue weighted by molar-refractivity contribution is -0.565. The van der Waals surface area contributed by atoms with Crippen LogP contribution < -0.4 is 9.47 Å². The maximum absolute atomic E-state index is 12.5. The lowest BCUT2D eigenvalue weighted by Gasteiger charge is -2.11. The molecule has 0 aliphatic rings. The van der Waals surface area contributed by atoms with Gasteiger partial charge in [0.25, 0.3) is 0 Å². The van der Waals surface area contributed by atoms with Gasteiger partial charge in [0.2, 0.25) is 11.2 Å². The number of nitrogens with zero attached hydrogens (tertiary/aromatic N) is 1. The van der Waals surface area contributed by atoms with Crippen LogP contribution in [0.4, 0.5) is 13.2 Å². The molecule has 23 heavy (non-hydrogen) atoms. The van der Waals surface area contributed by atoms with Gasteiger partial charge < -0.3 is 9.94 Å². The summed E-state index contributed by atoms with van der Waals surface area (Å²) in [6, 6.07) is 16.7. The number of rotatable bonds is 3. The maximum atomic E-state index is 12.5. The number of fused-ring (bicyclic) bond motifs is 1. The van der Waals surface area contributed by atoms with Gasteiger partial charge in [-0.25, -0.2) is 0 Å². The zero-order valence-corrected chi connectivity index (χ0v) is 11.9. The summed E-state index contributed by atoms with van der Waals surface area (Å²) in [5, 5.41) is 13.0. The summed E-state index contributed by atoms with van der Waals surface area (Å²) in [5.41, 5.74) is 1.61. The molecule has 1 heterocycles. The average Bonchev–Trinajstić information content (AvgIpc) is 2.53. The third-order valence-electron chi connectivity index (χ3n) is 3.33. The highest BCUT2D eigenvalue weighted by Crippen LogP contribution is 2.24. The Kier molecular flexibility index (Phi) is 3.82. The average molecular weight is 319 g/mol. The number of pyridine rings is 1. The van der Waals surface area contributed by atoms with Crippen LogP contribution in [0.15, 0.2) is 60.7 Å². The summed E-state index contributed by atoms with van der Waals surface area (Å²) < 4.78 is 42.0. The summed E-state index contributed by atoms with van der Waals surface area (Å²) in [6.07, 6.45) is -4.40. The molecule has 0 fully saturated rings. The molecule has 0 unspecified atom stereocenters. The van der Waals surface area contributed by atoms with Crippen LogP contribution >= 0.6 is 0 Å². The van der Waals surface area contributed by atoms with Crippen molar-refractivity contribution in [2.24, 2.45) is 0 Å². The van der Waals surface area contributed by atoms with E-state index >= 15 is 0 Å². The first-order valence-electron chi connectivity index (χ1n) is 6.85. The molecule has 3 aromatic rings. The number of alkyl halides is 3. The number of ether oxygens (including phenoxy) is 1. The summed E-state index contributed by atoms with van der Waals surface area (Å²) in [7, 11) is 0. The first kappa shape index (κ1) is 15.1. The largest absolute Gasteiger partial charge is 0.618 e. The van der Waals surface area contributed by atoms with E-state index in [0.29, 0.717) is 16.6 Å². The molecule has 0 saturated carbocycles. The van der Waals surface area contributed by atoms with Crippen molar-refractivity contribution < 1.29 is 22.6 Å². The summed E-state index contributed by atoms with van der Waals surface area (Å²) in [5.74, 6) is 0.0716. The lowest BCUT2D eigenvalue weighted by atomic mass is 10.1. The normalized spacial score (nSPS) is 11.6.